The number of hydrogen-bond donors (Lipinski definition) is 1. The average Bonchev–Trinajstić information content (AvgIpc) is 2.45. The van der Waals surface area contributed by atoms with Crippen LogP contribution in [0.4, 0.5) is 5.69 Å². The molecular weight excluding hydrogens is 224 g/mol. The van der Waals surface area contributed by atoms with Crippen LogP contribution in [0, 0.1) is 0 Å². The quantitative estimate of drug-likeness (QED) is 0.845. The third kappa shape index (κ3) is 3.57. The van der Waals surface area contributed by atoms with Crippen molar-refractivity contribution in [3.8, 4) is 0 Å². The fourth-order valence-electron chi connectivity index (χ4n) is 1.91. The molecule has 1 aromatic heterocycles. The zero-order valence-electron chi connectivity index (χ0n) is 10.4. The molecule has 0 aliphatic rings. The Balaban J connectivity index is 2.10. The van der Waals surface area contributed by atoms with E-state index in [1.807, 2.05) is 30.5 Å². The maximum Gasteiger partial charge on any atom is 0.0447 e. The lowest BCUT2D eigenvalue weighted by molar-refractivity contribution is 0.289. The van der Waals surface area contributed by atoms with Crippen molar-refractivity contribution in [2.75, 3.05) is 18.1 Å². The summed E-state index contributed by atoms with van der Waals surface area (Å²) in [5.41, 5.74) is 2.36. The fourth-order valence-corrected chi connectivity index (χ4v) is 1.91. The molecule has 0 saturated carbocycles. The standard InChI is InChI=1S/C15H18N2O/c18-11-5-10-17(15-7-2-1-3-8-15)13-14-6-4-9-16-12-14/h1-4,6-9,12,18H,5,10-11,13H2. The summed E-state index contributed by atoms with van der Waals surface area (Å²) >= 11 is 0. The van der Waals surface area contributed by atoms with Gasteiger partial charge in [0, 0.05) is 37.8 Å². The summed E-state index contributed by atoms with van der Waals surface area (Å²) in [6, 6.07) is 14.3. The first-order valence-electron chi connectivity index (χ1n) is 6.20. The Morgan fingerprint density at radius 1 is 1.06 bits per heavy atom. The van der Waals surface area contributed by atoms with E-state index in [4.69, 9.17) is 5.11 Å². The van der Waals surface area contributed by atoms with Gasteiger partial charge in [-0.15, -0.1) is 0 Å². The second-order valence-corrected chi connectivity index (χ2v) is 4.20. The Bertz CT molecular complexity index is 445. The fraction of sp³-hybridized carbons (Fsp3) is 0.267. The molecule has 3 nitrogen and oxygen atoms in total. The number of rotatable bonds is 6. The number of hydrogen-bond acceptors (Lipinski definition) is 3. The first kappa shape index (κ1) is 12.6. The van der Waals surface area contributed by atoms with Crippen LogP contribution >= 0.6 is 0 Å². The van der Waals surface area contributed by atoms with Gasteiger partial charge in [-0.2, -0.15) is 0 Å². The Hall–Kier alpha value is -1.87. The third-order valence-corrected chi connectivity index (χ3v) is 2.80. The molecule has 94 valence electrons. The Morgan fingerprint density at radius 2 is 1.89 bits per heavy atom. The van der Waals surface area contributed by atoms with Gasteiger partial charge in [0.2, 0.25) is 0 Å². The molecular formula is C15H18N2O. The van der Waals surface area contributed by atoms with Gasteiger partial charge in [0.05, 0.1) is 0 Å². The van der Waals surface area contributed by atoms with Crippen molar-refractivity contribution in [1.29, 1.82) is 0 Å². The summed E-state index contributed by atoms with van der Waals surface area (Å²) in [7, 11) is 0. The smallest absolute Gasteiger partial charge is 0.0447 e. The van der Waals surface area contributed by atoms with Crippen LogP contribution in [0.5, 0.6) is 0 Å². The van der Waals surface area contributed by atoms with E-state index < -0.39 is 0 Å². The maximum atomic E-state index is 8.99. The summed E-state index contributed by atoms with van der Waals surface area (Å²) in [6.07, 6.45) is 4.44. The van der Waals surface area contributed by atoms with Crippen molar-refractivity contribution in [3.63, 3.8) is 0 Å². The summed E-state index contributed by atoms with van der Waals surface area (Å²) in [6.45, 7) is 1.88. The van der Waals surface area contributed by atoms with E-state index in [9.17, 15) is 0 Å². The molecule has 1 aromatic carbocycles. The van der Waals surface area contributed by atoms with E-state index in [1.54, 1.807) is 6.20 Å². The topological polar surface area (TPSA) is 36.4 Å². The van der Waals surface area contributed by atoms with Crippen molar-refractivity contribution in [2.24, 2.45) is 0 Å². The Labute approximate surface area is 108 Å². The van der Waals surface area contributed by atoms with Crippen molar-refractivity contribution in [3.05, 3.63) is 60.4 Å². The largest absolute Gasteiger partial charge is 0.396 e. The third-order valence-electron chi connectivity index (χ3n) is 2.80. The Morgan fingerprint density at radius 3 is 2.56 bits per heavy atom. The number of anilines is 1. The van der Waals surface area contributed by atoms with Gasteiger partial charge >= 0.3 is 0 Å². The van der Waals surface area contributed by atoms with Crippen molar-refractivity contribution in [2.45, 2.75) is 13.0 Å². The van der Waals surface area contributed by atoms with E-state index in [2.05, 4.69) is 28.1 Å². The summed E-state index contributed by atoms with van der Waals surface area (Å²) < 4.78 is 0. The van der Waals surface area contributed by atoms with Crippen molar-refractivity contribution < 1.29 is 5.11 Å². The second-order valence-electron chi connectivity index (χ2n) is 4.20. The van der Waals surface area contributed by atoms with Crippen LogP contribution in [-0.2, 0) is 6.54 Å². The number of nitrogens with zero attached hydrogens (tertiary/aromatic N) is 2. The van der Waals surface area contributed by atoms with Gasteiger partial charge in [0.15, 0.2) is 0 Å². The van der Waals surface area contributed by atoms with Gasteiger partial charge in [-0.3, -0.25) is 4.98 Å². The normalized spacial score (nSPS) is 10.3. The highest BCUT2D eigenvalue weighted by Gasteiger charge is 2.06. The lowest BCUT2D eigenvalue weighted by atomic mass is 10.2. The van der Waals surface area contributed by atoms with Gasteiger partial charge in [-0.05, 0) is 30.2 Å². The minimum Gasteiger partial charge on any atom is -0.396 e. The van der Waals surface area contributed by atoms with Crippen LogP contribution in [0.1, 0.15) is 12.0 Å². The molecule has 2 aromatic rings. The number of para-hydroxylation sites is 1. The molecule has 0 unspecified atom stereocenters. The molecule has 0 amide bonds. The zero-order chi connectivity index (χ0) is 12.6. The van der Waals surface area contributed by atoms with E-state index >= 15 is 0 Å². The van der Waals surface area contributed by atoms with Crippen molar-refractivity contribution in [1.82, 2.24) is 4.98 Å². The molecule has 0 bridgehead atoms. The van der Waals surface area contributed by atoms with E-state index in [-0.39, 0.29) is 6.61 Å². The highest BCUT2D eigenvalue weighted by Crippen LogP contribution is 2.16. The first-order chi connectivity index (χ1) is 8.90. The molecule has 18 heavy (non-hydrogen) atoms. The molecule has 0 aliphatic heterocycles. The maximum absolute atomic E-state index is 8.99. The molecule has 1 heterocycles. The molecule has 0 saturated heterocycles. The molecule has 0 aliphatic carbocycles. The molecule has 1 N–H and O–H groups in total. The van der Waals surface area contributed by atoms with E-state index in [0.717, 1.165) is 19.5 Å². The monoisotopic (exact) mass is 242 g/mol. The first-order valence-corrected chi connectivity index (χ1v) is 6.20. The zero-order valence-corrected chi connectivity index (χ0v) is 10.4. The summed E-state index contributed by atoms with van der Waals surface area (Å²) in [5.74, 6) is 0. The van der Waals surface area contributed by atoms with Gasteiger partial charge < -0.3 is 10.0 Å². The molecule has 0 spiro atoms. The van der Waals surface area contributed by atoms with Crippen LogP contribution < -0.4 is 4.90 Å². The van der Waals surface area contributed by atoms with Crippen LogP contribution in [0.25, 0.3) is 0 Å². The van der Waals surface area contributed by atoms with Gasteiger partial charge in [-0.25, -0.2) is 0 Å². The highest BCUT2D eigenvalue weighted by atomic mass is 16.3. The number of aliphatic hydroxyl groups is 1. The predicted octanol–water partition coefficient (Wildman–Crippen LogP) is 2.47. The lowest BCUT2D eigenvalue weighted by Gasteiger charge is -2.24. The average molecular weight is 242 g/mol. The molecule has 0 radical (unpaired) electrons. The minimum atomic E-state index is 0.219. The number of aliphatic hydroxyl groups excluding tert-OH is 1. The van der Waals surface area contributed by atoms with E-state index in [0.29, 0.717) is 0 Å². The van der Waals surface area contributed by atoms with Gasteiger partial charge in [-0.1, -0.05) is 24.3 Å². The number of aromatic nitrogens is 1. The second kappa shape index (κ2) is 6.77. The minimum absolute atomic E-state index is 0.219. The van der Waals surface area contributed by atoms with Crippen LogP contribution in [0.2, 0.25) is 0 Å². The molecule has 2 rings (SSSR count). The molecule has 0 fully saturated rings. The van der Waals surface area contributed by atoms with Crippen LogP contribution in [0.3, 0.4) is 0 Å². The van der Waals surface area contributed by atoms with Gasteiger partial charge in [0.25, 0.3) is 0 Å². The Kier molecular flexibility index (Phi) is 4.73. The predicted molar refractivity (Wildman–Crippen MR) is 73.4 cm³/mol. The summed E-state index contributed by atoms with van der Waals surface area (Å²) in [5, 5.41) is 8.99. The lowest BCUT2D eigenvalue weighted by Crippen LogP contribution is -2.24. The van der Waals surface area contributed by atoms with Crippen molar-refractivity contribution >= 4 is 5.69 Å². The highest BCUT2D eigenvalue weighted by molar-refractivity contribution is 5.46. The number of pyridine rings is 1. The van der Waals surface area contributed by atoms with Crippen LogP contribution in [0.15, 0.2) is 54.9 Å². The molecule has 3 heteroatoms. The number of benzene rings is 1. The SMILES string of the molecule is OCCCN(Cc1cccnc1)c1ccccc1. The van der Waals surface area contributed by atoms with Gasteiger partial charge in [0.1, 0.15) is 0 Å². The summed E-state index contributed by atoms with van der Waals surface area (Å²) in [4.78, 5) is 6.39. The van der Waals surface area contributed by atoms with E-state index in [1.165, 1.54) is 11.3 Å². The van der Waals surface area contributed by atoms with Crippen LogP contribution in [-0.4, -0.2) is 23.2 Å². The molecule has 0 atom stereocenters.